The van der Waals surface area contributed by atoms with E-state index in [2.05, 4.69) is 42.5 Å². The molecular weight excluding hydrogens is 671 g/mol. The molecule has 0 N–H and O–H groups in total. The molecular formula is C51H33N3O. The maximum atomic E-state index is 8.83. The molecule has 0 unspecified atom stereocenters. The van der Waals surface area contributed by atoms with Crippen molar-refractivity contribution in [3.05, 3.63) is 200 Å². The lowest BCUT2D eigenvalue weighted by Crippen LogP contribution is -2.01. The van der Waals surface area contributed by atoms with Gasteiger partial charge in [0.15, 0.2) is 17.5 Å². The molecule has 0 atom stereocenters. The van der Waals surface area contributed by atoms with Gasteiger partial charge in [-0.2, -0.15) is 0 Å². The van der Waals surface area contributed by atoms with Crippen LogP contribution in [0.3, 0.4) is 0 Å². The van der Waals surface area contributed by atoms with Gasteiger partial charge in [0.25, 0.3) is 0 Å². The van der Waals surface area contributed by atoms with E-state index in [4.69, 9.17) is 29.0 Å². The molecule has 10 aromatic rings. The van der Waals surface area contributed by atoms with Crippen molar-refractivity contribution in [1.82, 2.24) is 15.0 Å². The Labute approximate surface area is 328 Å². The van der Waals surface area contributed by atoms with Crippen LogP contribution in [0, 0.1) is 0 Å². The largest absolute Gasteiger partial charge is 0.455 e. The van der Waals surface area contributed by atoms with E-state index < -0.39 is 12.1 Å². The number of fused-ring (bicyclic) bond motifs is 3. The molecule has 0 spiro atoms. The fraction of sp³-hybridized carbons (Fsp3) is 0. The summed E-state index contributed by atoms with van der Waals surface area (Å²) in [6.45, 7) is 0. The predicted molar refractivity (Wildman–Crippen MR) is 225 cm³/mol. The summed E-state index contributed by atoms with van der Waals surface area (Å²) in [6.07, 6.45) is 0. The van der Waals surface area contributed by atoms with Crippen LogP contribution < -0.4 is 0 Å². The molecule has 4 nitrogen and oxygen atoms in total. The van der Waals surface area contributed by atoms with E-state index in [1.165, 1.54) is 0 Å². The van der Waals surface area contributed by atoms with Crippen molar-refractivity contribution in [3.8, 4) is 78.7 Å². The summed E-state index contributed by atoms with van der Waals surface area (Å²) in [6, 6.07) is 49.5. The predicted octanol–water partition coefficient (Wildman–Crippen LogP) is 13.4. The Hall–Kier alpha value is -7.43. The van der Waals surface area contributed by atoms with Gasteiger partial charge in [0.1, 0.15) is 11.2 Å². The molecule has 0 saturated carbocycles. The first-order valence-corrected chi connectivity index (χ1v) is 17.9. The molecule has 2 heterocycles. The van der Waals surface area contributed by atoms with Crippen molar-refractivity contribution in [2.45, 2.75) is 0 Å². The lowest BCUT2D eigenvalue weighted by molar-refractivity contribution is 0.670. The van der Waals surface area contributed by atoms with E-state index in [0.717, 1.165) is 50.1 Å². The van der Waals surface area contributed by atoms with Crippen LogP contribution in [-0.4, -0.2) is 15.0 Å². The van der Waals surface area contributed by atoms with Crippen molar-refractivity contribution in [1.29, 1.82) is 0 Å². The molecule has 2 aromatic heterocycles. The van der Waals surface area contributed by atoms with Crippen LogP contribution in [0.2, 0.25) is 0 Å². The average molecular weight is 711 g/mol. The van der Waals surface area contributed by atoms with Crippen LogP contribution in [0.4, 0.5) is 0 Å². The molecule has 10 rings (SSSR count). The first-order chi connectivity index (χ1) is 30.2. The number of hydrogen-bond acceptors (Lipinski definition) is 4. The molecule has 0 aliphatic rings. The van der Waals surface area contributed by atoms with Crippen LogP contribution >= 0.6 is 0 Å². The monoisotopic (exact) mass is 710 g/mol. The van der Waals surface area contributed by atoms with Crippen molar-refractivity contribution in [2.24, 2.45) is 0 Å². The number of rotatable bonds is 7. The quantitative estimate of drug-likeness (QED) is 0.165. The van der Waals surface area contributed by atoms with Crippen molar-refractivity contribution >= 4 is 21.9 Å². The molecule has 0 aliphatic carbocycles. The summed E-state index contributed by atoms with van der Waals surface area (Å²) < 4.78 is 65.5. The number of furan rings is 1. The van der Waals surface area contributed by atoms with Crippen molar-refractivity contribution in [2.75, 3.05) is 0 Å². The highest BCUT2D eigenvalue weighted by molar-refractivity contribution is 6.09. The minimum atomic E-state index is -0.458. The Balaban J connectivity index is 1.03. The van der Waals surface area contributed by atoms with Crippen LogP contribution in [0.1, 0.15) is 9.60 Å². The number of hydrogen-bond donors (Lipinski definition) is 0. The third-order valence-electron chi connectivity index (χ3n) is 9.72. The molecule has 0 radical (unpaired) electrons. The second kappa shape index (κ2) is 13.8. The fourth-order valence-corrected chi connectivity index (χ4v) is 6.92. The van der Waals surface area contributed by atoms with E-state index in [9.17, 15) is 0 Å². The molecule has 8 aromatic carbocycles. The molecule has 0 amide bonds. The van der Waals surface area contributed by atoms with Gasteiger partial charge in [-0.1, -0.05) is 194 Å². The van der Waals surface area contributed by atoms with Gasteiger partial charge < -0.3 is 4.42 Å². The lowest BCUT2D eigenvalue weighted by Gasteiger charge is -2.12. The number of nitrogens with zero attached hydrogens (tertiary/aromatic N) is 3. The first kappa shape index (κ1) is 25.5. The summed E-state index contributed by atoms with van der Waals surface area (Å²) in [7, 11) is 0. The van der Waals surface area contributed by atoms with Gasteiger partial charge in [-0.3, -0.25) is 0 Å². The highest BCUT2D eigenvalue weighted by Crippen LogP contribution is 2.37. The number of aromatic nitrogens is 3. The van der Waals surface area contributed by atoms with Gasteiger partial charge in [0, 0.05) is 33.0 Å². The fourth-order valence-electron chi connectivity index (χ4n) is 6.92. The van der Waals surface area contributed by atoms with Gasteiger partial charge in [0.05, 0.1) is 9.60 Å². The minimum absolute atomic E-state index is 0.0289. The maximum absolute atomic E-state index is 8.83. The van der Waals surface area contributed by atoms with Crippen molar-refractivity contribution in [3.63, 3.8) is 0 Å². The van der Waals surface area contributed by atoms with Gasteiger partial charge >= 0.3 is 0 Å². The zero-order valence-electron chi connectivity index (χ0n) is 36.3. The molecule has 0 aliphatic heterocycles. The smallest absolute Gasteiger partial charge is 0.164 e. The summed E-state index contributed by atoms with van der Waals surface area (Å²) in [5, 5.41) is 0.112. The third-order valence-corrected chi connectivity index (χ3v) is 9.72. The first-order valence-electron chi connectivity index (χ1n) is 21.4. The third kappa shape index (κ3) is 6.16. The minimum Gasteiger partial charge on any atom is -0.455 e. The Morgan fingerprint density at radius 1 is 0.327 bits per heavy atom. The Bertz CT molecular complexity index is 3340. The molecule has 258 valence electrons. The highest BCUT2D eigenvalue weighted by atomic mass is 16.3. The van der Waals surface area contributed by atoms with E-state index in [1.807, 2.05) is 103 Å². The highest BCUT2D eigenvalue weighted by Gasteiger charge is 2.17. The second-order valence-electron chi connectivity index (χ2n) is 13.1. The average Bonchev–Trinajstić information content (AvgIpc) is 3.73. The van der Waals surface area contributed by atoms with Crippen LogP contribution in [0.25, 0.3) is 101 Å². The van der Waals surface area contributed by atoms with E-state index in [1.54, 1.807) is 12.1 Å². The lowest BCUT2D eigenvalue weighted by atomic mass is 9.98. The standard InChI is InChI=1S/C51H33N3O/c1-3-12-34(13-4-1)35-24-30-40(31-25-35)49-52-50(54-51(53-49)46-18-8-7-16-42(46)38-14-5-2-6-15-38)41-32-26-37(27-33-41)36-22-28-39(29-23-36)43-19-11-20-45-44-17-9-10-21-47(44)55-48(43)45/h1-33H/i9D,10D,11D,17D,19D,20D,21D. The Morgan fingerprint density at radius 3 is 1.38 bits per heavy atom. The maximum Gasteiger partial charge on any atom is 0.164 e. The Kier molecular flexibility index (Phi) is 6.43. The SMILES string of the molecule is [2H]c1c([2H])c([2H])c2c(oc3c(-c4ccc(-c5ccc(-c6nc(-c7ccc(-c8ccccc8)cc7)nc(-c7ccccc7-c7ccccc7)n6)cc5)cc4)c([2H])c([2H])c([2H])c32)c1[2H]. The van der Waals surface area contributed by atoms with Gasteiger partial charge in [-0.25, -0.2) is 15.0 Å². The van der Waals surface area contributed by atoms with Crippen molar-refractivity contribution < 1.29 is 14.0 Å². The van der Waals surface area contributed by atoms with E-state index in [-0.39, 0.29) is 57.7 Å². The van der Waals surface area contributed by atoms with Crippen LogP contribution in [-0.2, 0) is 0 Å². The topological polar surface area (TPSA) is 51.8 Å². The van der Waals surface area contributed by atoms with Crippen LogP contribution in [0.15, 0.2) is 204 Å². The number of benzene rings is 8. The molecule has 0 fully saturated rings. The van der Waals surface area contributed by atoms with Crippen LogP contribution in [0.5, 0.6) is 0 Å². The Morgan fingerprint density at radius 2 is 0.764 bits per heavy atom. The molecule has 4 heteroatoms. The van der Waals surface area contributed by atoms with Gasteiger partial charge in [-0.05, 0) is 45.0 Å². The van der Waals surface area contributed by atoms with E-state index >= 15 is 0 Å². The summed E-state index contributed by atoms with van der Waals surface area (Å²) >= 11 is 0. The summed E-state index contributed by atoms with van der Waals surface area (Å²) in [5.74, 6) is 1.62. The normalized spacial score (nSPS) is 13.1. The van der Waals surface area contributed by atoms with Gasteiger partial charge in [0.2, 0.25) is 0 Å². The number of para-hydroxylation sites is 2. The van der Waals surface area contributed by atoms with Gasteiger partial charge in [-0.15, -0.1) is 0 Å². The molecule has 0 bridgehead atoms. The van der Waals surface area contributed by atoms with E-state index in [0.29, 0.717) is 23.0 Å². The summed E-state index contributed by atoms with van der Waals surface area (Å²) in [5.41, 5.74) is 9.35. The molecule has 55 heavy (non-hydrogen) atoms. The molecule has 0 saturated heterocycles. The zero-order chi connectivity index (χ0) is 42.6. The second-order valence-corrected chi connectivity index (χ2v) is 13.1. The zero-order valence-corrected chi connectivity index (χ0v) is 29.3. The summed E-state index contributed by atoms with van der Waals surface area (Å²) in [4.78, 5) is 15.1.